The van der Waals surface area contributed by atoms with Crippen molar-refractivity contribution in [2.75, 3.05) is 0 Å². The molecule has 0 N–H and O–H groups in total. The van der Waals surface area contributed by atoms with Crippen LogP contribution in [0.25, 0.3) is 0 Å². The van der Waals surface area contributed by atoms with Gasteiger partial charge in [0.1, 0.15) is 0 Å². The van der Waals surface area contributed by atoms with Gasteiger partial charge in [-0.25, -0.2) is 0 Å². The van der Waals surface area contributed by atoms with Crippen molar-refractivity contribution < 1.29 is 39.4 Å². The summed E-state index contributed by atoms with van der Waals surface area (Å²) in [6.45, 7) is 0. The summed E-state index contributed by atoms with van der Waals surface area (Å²) in [4.78, 5) is 0. The van der Waals surface area contributed by atoms with E-state index in [2.05, 4.69) is 60.6 Å². The molecule has 0 unspecified atom stereocenters. The van der Waals surface area contributed by atoms with Crippen molar-refractivity contribution in [3.63, 3.8) is 0 Å². The van der Waals surface area contributed by atoms with Crippen molar-refractivity contribution in [1.82, 2.24) is 0 Å². The zero-order valence-electron chi connectivity index (χ0n) is 3.17. The summed E-state index contributed by atoms with van der Waals surface area (Å²) in [6, 6.07) is 0. The minimum atomic E-state index is 0.757. The Morgan fingerprint density at radius 1 is 0.444 bits per heavy atom. The van der Waals surface area contributed by atoms with Gasteiger partial charge in [-0.15, -0.1) is 0 Å². The van der Waals surface area contributed by atoms with Crippen LogP contribution in [0, 0.1) is 0 Å². The summed E-state index contributed by atoms with van der Waals surface area (Å²) < 4.78 is 0. The fraction of sp³-hybridized carbons (Fsp3) is 0. The van der Waals surface area contributed by atoms with Crippen LogP contribution in [0.4, 0.5) is 0 Å². The van der Waals surface area contributed by atoms with E-state index in [9.17, 15) is 0 Å². The Morgan fingerprint density at radius 2 is 0.444 bits per heavy atom. The normalized spacial score (nSPS) is 7.33. The molecule has 0 amide bonds. The van der Waals surface area contributed by atoms with E-state index in [0.717, 1.165) is 39.4 Å². The summed E-state index contributed by atoms with van der Waals surface area (Å²) in [6.07, 6.45) is 0. The summed E-state index contributed by atoms with van der Waals surface area (Å²) >= 11 is 2.27. The molecule has 0 spiro atoms. The number of hydrogen-bond donors (Lipinski definition) is 0. The molecular formula is Cl6Cu3. The zero-order chi connectivity index (χ0) is 8.12. The molecule has 0 rings (SSSR count). The van der Waals surface area contributed by atoms with Crippen molar-refractivity contribution in [3.8, 4) is 0 Å². The van der Waals surface area contributed by atoms with Crippen molar-refractivity contribution >= 4 is 60.6 Å². The van der Waals surface area contributed by atoms with E-state index >= 15 is 0 Å². The molecule has 0 nitrogen and oxygen atoms in total. The monoisotopic (exact) mass is 399 g/mol. The second kappa shape index (κ2) is 30.2. The molecule has 0 fully saturated rings. The molecule has 9 heteroatoms. The fourth-order valence-corrected chi connectivity index (χ4v) is 0. The first-order valence-corrected chi connectivity index (χ1v) is 8.46. The minimum absolute atomic E-state index is 0.757. The first kappa shape index (κ1) is 18.2. The Kier molecular flexibility index (Phi) is 60.9. The molecule has 0 atom stereocenters. The van der Waals surface area contributed by atoms with Crippen LogP contribution in [0.1, 0.15) is 0 Å². The van der Waals surface area contributed by atoms with Crippen LogP contribution in [-0.4, -0.2) is 0 Å². The SMILES string of the molecule is [Cl][Cu][Cl].[Cl][Cu][Cl].[Cl][Cu][Cl]. The van der Waals surface area contributed by atoms with Gasteiger partial charge in [-0.05, 0) is 0 Å². The Bertz CT molecular complexity index is 13.0. The van der Waals surface area contributed by atoms with Crippen molar-refractivity contribution in [1.29, 1.82) is 0 Å². The number of hydrogen-bond acceptors (Lipinski definition) is 0. The molecule has 0 bridgehead atoms. The third-order valence-electron chi connectivity index (χ3n) is 0. The average Bonchev–Trinajstić information content (AvgIpc) is 1.70. The van der Waals surface area contributed by atoms with Crippen LogP contribution in [0.2, 0.25) is 0 Å². The van der Waals surface area contributed by atoms with Gasteiger partial charge in [-0.2, -0.15) is 0 Å². The van der Waals surface area contributed by atoms with Crippen molar-refractivity contribution in [2.45, 2.75) is 0 Å². The number of rotatable bonds is 0. The van der Waals surface area contributed by atoms with Crippen LogP contribution < -0.4 is 0 Å². The summed E-state index contributed by atoms with van der Waals surface area (Å²) in [5.41, 5.74) is 0. The predicted molar refractivity (Wildman–Crippen MR) is 35.1 cm³/mol. The predicted octanol–water partition coefficient (Wildman–Crippen LogP) is 4.13. The Labute approximate surface area is 98.4 Å². The zero-order valence-corrected chi connectivity index (χ0v) is 10.5. The molecule has 0 aromatic heterocycles. The van der Waals surface area contributed by atoms with Gasteiger partial charge in [0.05, 0.1) is 0 Å². The Morgan fingerprint density at radius 3 is 0.444 bits per heavy atom. The van der Waals surface area contributed by atoms with Gasteiger partial charge in [0.25, 0.3) is 0 Å². The summed E-state index contributed by atoms with van der Waals surface area (Å²) in [5, 5.41) is 0. The average molecular weight is 403 g/mol. The molecule has 0 aliphatic heterocycles. The van der Waals surface area contributed by atoms with Gasteiger partial charge in [-0.1, -0.05) is 0 Å². The molecule has 9 heavy (non-hydrogen) atoms. The topological polar surface area (TPSA) is 0 Å². The fourth-order valence-electron chi connectivity index (χ4n) is 0. The number of halogens is 6. The molecule has 0 heterocycles. The second-order valence-corrected chi connectivity index (χ2v) is 4.80. The van der Waals surface area contributed by atoms with E-state index in [0.29, 0.717) is 0 Å². The first-order chi connectivity index (χ1) is 4.24. The van der Waals surface area contributed by atoms with Gasteiger partial charge in [0.2, 0.25) is 0 Å². The standard InChI is InChI=1S/6ClH.3Cu/h6*1H;;;/q;;;;;;3*+2/p-6. The molecule has 0 aromatic carbocycles. The van der Waals surface area contributed by atoms with Gasteiger partial charge < -0.3 is 0 Å². The summed E-state index contributed by atoms with van der Waals surface area (Å²) in [5.74, 6) is 0. The molecule has 75 valence electrons. The first-order valence-electron chi connectivity index (χ1n) is 0.684. The van der Waals surface area contributed by atoms with Gasteiger partial charge in [0, 0.05) is 0 Å². The van der Waals surface area contributed by atoms with Crippen LogP contribution in [0.5, 0.6) is 0 Å². The molecule has 0 saturated carbocycles. The van der Waals surface area contributed by atoms with Gasteiger partial charge in [-0.3, -0.25) is 0 Å². The van der Waals surface area contributed by atoms with E-state index in [1.54, 1.807) is 0 Å². The maximum atomic E-state index is 4.67. The third-order valence-corrected chi connectivity index (χ3v) is 0. The third kappa shape index (κ3) is 89.8. The van der Waals surface area contributed by atoms with Gasteiger partial charge in [0.15, 0.2) is 0 Å². The van der Waals surface area contributed by atoms with Crippen LogP contribution in [0.15, 0.2) is 0 Å². The van der Waals surface area contributed by atoms with E-state index < -0.39 is 0 Å². The molecule has 0 aliphatic rings. The molecule has 0 aliphatic carbocycles. The van der Waals surface area contributed by atoms with Crippen molar-refractivity contribution in [2.24, 2.45) is 0 Å². The quantitative estimate of drug-likeness (QED) is 0.534. The van der Waals surface area contributed by atoms with Crippen molar-refractivity contribution in [3.05, 3.63) is 0 Å². The summed E-state index contributed by atoms with van der Waals surface area (Å²) in [7, 11) is 28.0. The van der Waals surface area contributed by atoms with E-state index in [-0.39, 0.29) is 0 Å². The maximum absolute atomic E-state index is 4.67. The Balaban J connectivity index is -0.0000000600. The van der Waals surface area contributed by atoms with Crippen LogP contribution in [-0.2, 0) is 39.4 Å². The Hall–Kier alpha value is 3.30. The molecule has 0 saturated heterocycles. The van der Waals surface area contributed by atoms with Crippen LogP contribution >= 0.6 is 60.6 Å². The second-order valence-electron chi connectivity index (χ2n) is 0.129. The van der Waals surface area contributed by atoms with Gasteiger partial charge >= 0.3 is 100.0 Å². The van der Waals surface area contributed by atoms with E-state index in [1.807, 2.05) is 0 Å². The van der Waals surface area contributed by atoms with E-state index in [4.69, 9.17) is 0 Å². The molecule has 0 aromatic rings. The molecule has 0 radical (unpaired) electrons. The molecular weight excluding hydrogens is 403 g/mol. The van der Waals surface area contributed by atoms with Crippen LogP contribution in [0.3, 0.4) is 0 Å². The van der Waals surface area contributed by atoms with E-state index in [1.165, 1.54) is 0 Å².